The normalized spacial score (nSPS) is 26.1. The van der Waals surface area contributed by atoms with Crippen LogP contribution < -0.4 is 0 Å². The Morgan fingerprint density at radius 2 is 1.93 bits per heavy atom. The molecule has 88 valence electrons. The smallest absolute Gasteiger partial charge is 0.308 e. The average Bonchev–Trinajstić information content (AvgIpc) is 1.98. The van der Waals surface area contributed by atoms with Crippen LogP contribution in [0, 0.1) is 11.8 Å². The van der Waals surface area contributed by atoms with Gasteiger partial charge in [-0.25, -0.2) is 0 Å². The van der Waals surface area contributed by atoms with E-state index in [1.54, 1.807) is 0 Å². The van der Waals surface area contributed by atoms with E-state index in [2.05, 4.69) is 32.6 Å². The molecular weight excluding hydrogens is 190 g/mol. The van der Waals surface area contributed by atoms with Gasteiger partial charge in [-0.3, -0.25) is 9.69 Å². The fourth-order valence-corrected chi connectivity index (χ4v) is 2.32. The number of hydrogen-bond acceptors (Lipinski definition) is 2. The molecule has 15 heavy (non-hydrogen) atoms. The highest BCUT2D eigenvalue weighted by Gasteiger charge is 2.41. The maximum Gasteiger partial charge on any atom is 0.308 e. The van der Waals surface area contributed by atoms with Crippen molar-refractivity contribution < 1.29 is 9.90 Å². The predicted molar refractivity (Wildman–Crippen MR) is 60.8 cm³/mol. The van der Waals surface area contributed by atoms with Crippen LogP contribution in [0.3, 0.4) is 0 Å². The van der Waals surface area contributed by atoms with Gasteiger partial charge in [0.25, 0.3) is 0 Å². The summed E-state index contributed by atoms with van der Waals surface area (Å²) in [4.78, 5) is 13.3. The van der Waals surface area contributed by atoms with Gasteiger partial charge in [0.2, 0.25) is 0 Å². The summed E-state index contributed by atoms with van der Waals surface area (Å²) in [5.74, 6) is -0.158. The molecule has 1 aliphatic carbocycles. The molecule has 1 rings (SSSR count). The first-order chi connectivity index (χ1) is 6.93. The van der Waals surface area contributed by atoms with Crippen LogP contribution in [0.15, 0.2) is 0 Å². The fourth-order valence-electron chi connectivity index (χ4n) is 2.32. The second kappa shape index (κ2) is 4.97. The summed E-state index contributed by atoms with van der Waals surface area (Å²) >= 11 is 0. The standard InChI is InChI=1S/C12H23NO2/c1-8(2)7-13(9(3)4)11-6-5-10(11)12(14)15/h8-11H,5-7H2,1-4H3,(H,14,15). The van der Waals surface area contributed by atoms with Crippen LogP contribution in [0.25, 0.3) is 0 Å². The highest BCUT2D eigenvalue weighted by molar-refractivity contribution is 5.72. The van der Waals surface area contributed by atoms with Crippen molar-refractivity contribution >= 4 is 5.97 Å². The van der Waals surface area contributed by atoms with E-state index in [-0.39, 0.29) is 12.0 Å². The zero-order valence-corrected chi connectivity index (χ0v) is 10.2. The van der Waals surface area contributed by atoms with Crippen molar-refractivity contribution in [1.29, 1.82) is 0 Å². The van der Waals surface area contributed by atoms with Gasteiger partial charge in [-0.05, 0) is 32.6 Å². The molecule has 0 aromatic carbocycles. The van der Waals surface area contributed by atoms with Crippen molar-refractivity contribution in [2.24, 2.45) is 11.8 Å². The molecule has 2 unspecified atom stereocenters. The molecule has 1 fully saturated rings. The van der Waals surface area contributed by atoms with Crippen molar-refractivity contribution in [2.75, 3.05) is 6.54 Å². The molecule has 0 saturated heterocycles. The van der Waals surface area contributed by atoms with Crippen LogP contribution in [0.2, 0.25) is 0 Å². The van der Waals surface area contributed by atoms with Crippen LogP contribution in [-0.4, -0.2) is 34.6 Å². The summed E-state index contributed by atoms with van der Waals surface area (Å²) in [5.41, 5.74) is 0. The molecule has 0 spiro atoms. The largest absolute Gasteiger partial charge is 0.481 e. The van der Waals surface area contributed by atoms with Crippen LogP contribution in [0.1, 0.15) is 40.5 Å². The van der Waals surface area contributed by atoms with Crippen LogP contribution in [0.5, 0.6) is 0 Å². The van der Waals surface area contributed by atoms with Gasteiger partial charge in [0.1, 0.15) is 0 Å². The highest BCUT2D eigenvalue weighted by Crippen LogP contribution is 2.33. The van der Waals surface area contributed by atoms with Crippen molar-refractivity contribution in [3.63, 3.8) is 0 Å². The quantitative estimate of drug-likeness (QED) is 0.761. The molecule has 1 aliphatic rings. The monoisotopic (exact) mass is 213 g/mol. The van der Waals surface area contributed by atoms with Crippen molar-refractivity contribution in [3.8, 4) is 0 Å². The van der Waals surface area contributed by atoms with Gasteiger partial charge >= 0.3 is 5.97 Å². The van der Waals surface area contributed by atoms with E-state index < -0.39 is 5.97 Å². The van der Waals surface area contributed by atoms with Crippen LogP contribution >= 0.6 is 0 Å². The van der Waals surface area contributed by atoms with Gasteiger partial charge in [-0.1, -0.05) is 13.8 Å². The molecule has 0 radical (unpaired) electrons. The summed E-state index contributed by atoms with van der Waals surface area (Å²) in [6.45, 7) is 9.68. The molecule has 1 N–H and O–H groups in total. The van der Waals surface area contributed by atoms with Crippen molar-refractivity contribution in [1.82, 2.24) is 4.90 Å². The Labute approximate surface area is 92.5 Å². The molecule has 0 bridgehead atoms. The van der Waals surface area contributed by atoms with E-state index >= 15 is 0 Å². The maximum absolute atomic E-state index is 11.0. The SMILES string of the molecule is CC(C)CN(C(C)C)C1CCC1C(=O)O. The fraction of sp³-hybridized carbons (Fsp3) is 0.917. The third-order valence-corrected chi connectivity index (χ3v) is 3.22. The number of aliphatic carboxylic acids is 1. The van der Waals surface area contributed by atoms with Gasteiger partial charge < -0.3 is 5.11 Å². The van der Waals surface area contributed by atoms with E-state index in [4.69, 9.17) is 5.11 Å². The van der Waals surface area contributed by atoms with Crippen LogP contribution in [-0.2, 0) is 4.79 Å². The van der Waals surface area contributed by atoms with Gasteiger partial charge in [-0.2, -0.15) is 0 Å². The minimum absolute atomic E-state index is 0.133. The predicted octanol–water partition coefficient (Wildman–Crippen LogP) is 2.22. The molecule has 0 aromatic heterocycles. The topological polar surface area (TPSA) is 40.5 Å². The highest BCUT2D eigenvalue weighted by atomic mass is 16.4. The van der Waals surface area contributed by atoms with Gasteiger partial charge in [0.05, 0.1) is 5.92 Å². The maximum atomic E-state index is 11.0. The van der Waals surface area contributed by atoms with Gasteiger partial charge in [0, 0.05) is 18.6 Å². The summed E-state index contributed by atoms with van der Waals surface area (Å²) in [6, 6.07) is 0.712. The molecule has 0 aromatic rings. The van der Waals surface area contributed by atoms with Crippen molar-refractivity contribution in [2.45, 2.75) is 52.6 Å². The molecule has 0 amide bonds. The van der Waals surface area contributed by atoms with E-state index in [1.807, 2.05) is 0 Å². The first-order valence-corrected chi connectivity index (χ1v) is 5.92. The first-order valence-electron chi connectivity index (χ1n) is 5.92. The number of carboxylic acid groups (broad SMARTS) is 1. The number of carbonyl (C=O) groups is 1. The zero-order chi connectivity index (χ0) is 11.6. The Morgan fingerprint density at radius 1 is 1.33 bits per heavy atom. The second-order valence-corrected chi connectivity index (χ2v) is 5.27. The van der Waals surface area contributed by atoms with E-state index in [9.17, 15) is 4.79 Å². The number of nitrogens with zero attached hydrogens (tertiary/aromatic N) is 1. The Morgan fingerprint density at radius 3 is 2.20 bits per heavy atom. The molecular formula is C12H23NO2. The van der Waals surface area contributed by atoms with Crippen molar-refractivity contribution in [3.05, 3.63) is 0 Å². The minimum atomic E-state index is -0.624. The Bertz CT molecular complexity index is 226. The lowest BCUT2D eigenvalue weighted by Gasteiger charge is -2.45. The number of rotatable bonds is 5. The average molecular weight is 213 g/mol. The minimum Gasteiger partial charge on any atom is -0.481 e. The molecule has 0 heterocycles. The molecule has 2 atom stereocenters. The Hall–Kier alpha value is -0.570. The summed E-state index contributed by atoms with van der Waals surface area (Å²) in [7, 11) is 0. The second-order valence-electron chi connectivity index (χ2n) is 5.27. The Kier molecular flexibility index (Phi) is 4.14. The summed E-state index contributed by atoms with van der Waals surface area (Å²) in [5, 5.41) is 9.04. The van der Waals surface area contributed by atoms with Gasteiger partial charge in [0.15, 0.2) is 0 Å². The number of hydrogen-bond donors (Lipinski definition) is 1. The first kappa shape index (κ1) is 12.5. The van der Waals surface area contributed by atoms with E-state index in [1.165, 1.54) is 0 Å². The molecule has 3 heteroatoms. The molecule has 1 saturated carbocycles. The lowest BCUT2D eigenvalue weighted by molar-refractivity contribution is -0.149. The lowest BCUT2D eigenvalue weighted by Crippen LogP contribution is -2.53. The third kappa shape index (κ3) is 2.94. The number of carboxylic acids is 1. The lowest BCUT2D eigenvalue weighted by atomic mass is 9.77. The van der Waals surface area contributed by atoms with E-state index in [0.29, 0.717) is 12.0 Å². The molecule has 3 nitrogen and oxygen atoms in total. The van der Waals surface area contributed by atoms with E-state index in [0.717, 1.165) is 19.4 Å². The molecule has 0 aliphatic heterocycles. The summed E-state index contributed by atoms with van der Waals surface area (Å²) < 4.78 is 0. The Balaban J connectivity index is 2.60. The summed E-state index contributed by atoms with van der Waals surface area (Å²) in [6.07, 6.45) is 1.89. The van der Waals surface area contributed by atoms with Gasteiger partial charge in [-0.15, -0.1) is 0 Å². The third-order valence-electron chi connectivity index (χ3n) is 3.22. The zero-order valence-electron chi connectivity index (χ0n) is 10.2. The van der Waals surface area contributed by atoms with Crippen LogP contribution in [0.4, 0.5) is 0 Å².